The van der Waals surface area contributed by atoms with Gasteiger partial charge in [0.15, 0.2) is 0 Å². The summed E-state index contributed by atoms with van der Waals surface area (Å²) in [6, 6.07) is 4.81. The molecule has 2 aromatic rings. The van der Waals surface area contributed by atoms with Gasteiger partial charge < -0.3 is 9.73 Å². The number of rotatable bonds is 3. The molecule has 2 rings (SSSR count). The van der Waals surface area contributed by atoms with E-state index in [0.717, 1.165) is 17.9 Å². The van der Waals surface area contributed by atoms with E-state index in [1.807, 2.05) is 0 Å². The second kappa shape index (κ2) is 4.53. The highest BCUT2D eigenvalue weighted by Gasteiger charge is 2.12. The van der Waals surface area contributed by atoms with Gasteiger partial charge in [0, 0.05) is 11.4 Å². The van der Waals surface area contributed by atoms with E-state index in [2.05, 4.69) is 52.1 Å². The van der Waals surface area contributed by atoms with Crippen LogP contribution in [0.1, 0.15) is 36.3 Å². The Morgan fingerprint density at radius 1 is 1.12 bits per heavy atom. The largest absolute Gasteiger partial charge is 0.459 e. The first-order chi connectivity index (χ1) is 8.00. The molecule has 0 bridgehead atoms. The Bertz CT molecular complexity index is 537. The van der Waals surface area contributed by atoms with Crippen molar-refractivity contribution in [2.45, 2.75) is 47.2 Å². The molecule has 0 atom stereocenters. The molecule has 0 radical (unpaired) electrons. The van der Waals surface area contributed by atoms with Crippen molar-refractivity contribution in [3.8, 4) is 0 Å². The van der Waals surface area contributed by atoms with Crippen LogP contribution in [-0.4, -0.2) is 6.04 Å². The lowest BCUT2D eigenvalue weighted by Gasteiger charge is -2.05. The maximum atomic E-state index is 6.00. The van der Waals surface area contributed by atoms with Crippen molar-refractivity contribution in [2.75, 3.05) is 0 Å². The lowest BCUT2D eigenvalue weighted by atomic mass is 10.0. The molecule has 0 fully saturated rings. The first-order valence-electron chi connectivity index (χ1n) is 6.22. The number of nitrogens with one attached hydrogen (secondary N) is 1. The van der Waals surface area contributed by atoms with E-state index in [4.69, 9.17) is 4.42 Å². The Hall–Kier alpha value is -1.28. The SMILES string of the molecule is Cc1ccc2c(C)c(CNC(C)C)oc2c1C. The highest BCUT2D eigenvalue weighted by Crippen LogP contribution is 2.29. The van der Waals surface area contributed by atoms with Crippen LogP contribution in [0.3, 0.4) is 0 Å². The van der Waals surface area contributed by atoms with Gasteiger partial charge in [0.25, 0.3) is 0 Å². The Morgan fingerprint density at radius 2 is 1.82 bits per heavy atom. The van der Waals surface area contributed by atoms with Crippen LogP contribution in [-0.2, 0) is 6.54 Å². The molecular formula is C15H21NO. The number of aryl methyl sites for hydroxylation is 3. The average molecular weight is 231 g/mol. The molecule has 1 aromatic heterocycles. The molecule has 0 aliphatic rings. The molecule has 0 spiro atoms. The first kappa shape index (κ1) is 12.2. The third-order valence-corrected chi connectivity index (χ3v) is 3.40. The fourth-order valence-electron chi connectivity index (χ4n) is 2.03. The van der Waals surface area contributed by atoms with Gasteiger partial charge in [0.05, 0.1) is 6.54 Å². The standard InChI is InChI=1S/C15H21NO/c1-9(2)16-8-14-12(5)13-7-6-10(3)11(4)15(13)17-14/h6-7,9,16H,8H2,1-5H3. The number of hydrogen-bond acceptors (Lipinski definition) is 2. The Balaban J connectivity index is 2.45. The summed E-state index contributed by atoms with van der Waals surface area (Å²) in [5.41, 5.74) is 4.84. The summed E-state index contributed by atoms with van der Waals surface area (Å²) in [7, 11) is 0. The van der Waals surface area contributed by atoms with Gasteiger partial charge in [0.2, 0.25) is 0 Å². The maximum absolute atomic E-state index is 6.00. The van der Waals surface area contributed by atoms with Gasteiger partial charge in [-0.05, 0) is 37.5 Å². The van der Waals surface area contributed by atoms with Gasteiger partial charge in [0.1, 0.15) is 11.3 Å². The Morgan fingerprint density at radius 3 is 2.47 bits per heavy atom. The van der Waals surface area contributed by atoms with E-state index in [1.165, 1.54) is 22.1 Å². The molecule has 2 nitrogen and oxygen atoms in total. The van der Waals surface area contributed by atoms with E-state index in [9.17, 15) is 0 Å². The molecule has 17 heavy (non-hydrogen) atoms. The lowest BCUT2D eigenvalue weighted by Crippen LogP contribution is -2.21. The quantitative estimate of drug-likeness (QED) is 0.867. The van der Waals surface area contributed by atoms with Crippen LogP contribution in [0, 0.1) is 20.8 Å². The van der Waals surface area contributed by atoms with Crippen molar-refractivity contribution in [3.05, 3.63) is 34.6 Å². The molecule has 0 amide bonds. The Kier molecular flexibility index (Phi) is 3.25. The fourth-order valence-corrected chi connectivity index (χ4v) is 2.03. The van der Waals surface area contributed by atoms with Gasteiger partial charge in [-0.3, -0.25) is 0 Å². The van der Waals surface area contributed by atoms with Crippen molar-refractivity contribution in [3.63, 3.8) is 0 Å². The van der Waals surface area contributed by atoms with Crippen LogP contribution in [0.4, 0.5) is 0 Å². The minimum absolute atomic E-state index is 0.477. The van der Waals surface area contributed by atoms with Gasteiger partial charge in [-0.2, -0.15) is 0 Å². The lowest BCUT2D eigenvalue weighted by molar-refractivity contribution is 0.484. The van der Waals surface area contributed by atoms with Crippen molar-refractivity contribution < 1.29 is 4.42 Å². The number of benzene rings is 1. The summed E-state index contributed by atoms with van der Waals surface area (Å²) in [4.78, 5) is 0. The summed E-state index contributed by atoms with van der Waals surface area (Å²) >= 11 is 0. The smallest absolute Gasteiger partial charge is 0.137 e. The minimum Gasteiger partial charge on any atom is -0.459 e. The summed E-state index contributed by atoms with van der Waals surface area (Å²) < 4.78 is 6.00. The molecule has 0 aliphatic carbocycles. The van der Waals surface area contributed by atoms with Crippen LogP contribution < -0.4 is 5.32 Å². The molecule has 1 N–H and O–H groups in total. The van der Waals surface area contributed by atoms with E-state index >= 15 is 0 Å². The average Bonchev–Trinajstić information content (AvgIpc) is 2.59. The van der Waals surface area contributed by atoms with E-state index < -0.39 is 0 Å². The normalized spacial score (nSPS) is 11.6. The second-order valence-corrected chi connectivity index (χ2v) is 5.07. The van der Waals surface area contributed by atoms with Gasteiger partial charge in [-0.1, -0.05) is 26.0 Å². The maximum Gasteiger partial charge on any atom is 0.137 e. The van der Waals surface area contributed by atoms with Crippen molar-refractivity contribution in [2.24, 2.45) is 0 Å². The summed E-state index contributed by atoms with van der Waals surface area (Å²) in [6.45, 7) is 11.5. The summed E-state index contributed by atoms with van der Waals surface area (Å²) in [5.74, 6) is 1.06. The molecule has 0 aliphatic heterocycles. The third-order valence-electron chi connectivity index (χ3n) is 3.40. The van der Waals surface area contributed by atoms with E-state index in [-0.39, 0.29) is 0 Å². The van der Waals surface area contributed by atoms with Crippen LogP contribution in [0.2, 0.25) is 0 Å². The van der Waals surface area contributed by atoms with Crippen LogP contribution in [0.15, 0.2) is 16.5 Å². The molecule has 1 aromatic carbocycles. The molecular weight excluding hydrogens is 210 g/mol. The van der Waals surface area contributed by atoms with E-state index in [0.29, 0.717) is 6.04 Å². The van der Waals surface area contributed by atoms with Crippen molar-refractivity contribution in [1.29, 1.82) is 0 Å². The Labute approximate surface area is 103 Å². The number of furan rings is 1. The zero-order valence-electron chi connectivity index (χ0n) is 11.3. The minimum atomic E-state index is 0.477. The molecule has 1 heterocycles. The molecule has 92 valence electrons. The molecule has 2 heteroatoms. The monoisotopic (exact) mass is 231 g/mol. The predicted octanol–water partition coefficient (Wildman–Crippen LogP) is 3.86. The topological polar surface area (TPSA) is 25.2 Å². The summed E-state index contributed by atoms with van der Waals surface area (Å²) in [5, 5.41) is 4.65. The molecule has 0 unspecified atom stereocenters. The number of hydrogen-bond donors (Lipinski definition) is 1. The molecule has 0 saturated heterocycles. The van der Waals surface area contributed by atoms with Gasteiger partial charge in [-0.15, -0.1) is 0 Å². The van der Waals surface area contributed by atoms with E-state index in [1.54, 1.807) is 0 Å². The highest BCUT2D eigenvalue weighted by atomic mass is 16.3. The zero-order chi connectivity index (χ0) is 12.6. The van der Waals surface area contributed by atoms with Crippen molar-refractivity contribution in [1.82, 2.24) is 5.32 Å². The van der Waals surface area contributed by atoms with Crippen LogP contribution in [0.25, 0.3) is 11.0 Å². The summed E-state index contributed by atoms with van der Waals surface area (Å²) in [6.07, 6.45) is 0. The molecule has 0 saturated carbocycles. The third kappa shape index (κ3) is 2.22. The van der Waals surface area contributed by atoms with Crippen molar-refractivity contribution >= 4 is 11.0 Å². The second-order valence-electron chi connectivity index (χ2n) is 5.07. The van der Waals surface area contributed by atoms with Gasteiger partial charge in [-0.25, -0.2) is 0 Å². The van der Waals surface area contributed by atoms with Crippen LogP contribution >= 0.6 is 0 Å². The zero-order valence-corrected chi connectivity index (χ0v) is 11.3. The van der Waals surface area contributed by atoms with Gasteiger partial charge >= 0.3 is 0 Å². The number of fused-ring (bicyclic) bond motifs is 1. The highest BCUT2D eigenvalue weighted by molar-refractivity contribution is 5.85. The predicted molar refractivity (Wildman–Crippen MR) is 72.4 cm³/mol. The first-order valence-corrected chi connectivity index (χ1v) is 6.22. The fraction of sp³-hybridized carbons (Fsp3) is 0.467. The van der Waals surface area contributed by atoms with Crippen LogP contribution in [0.5, 0.6) is 0 Å².